The molecule has 3 aromatic rings. The monoisotopic (exact) mass is 353 g/mol. The van der Waals surface area contributed by atoms with Gasteiger partial charge in [0.05, 0.1) is 0 Å². The molecule has 0 aliphatic carbocycles. The number of rotatable bonds is 5. The van der Waals surface area contributed by atoms with Gasteiger partial charge in [0.1, 0.15) is 16.4 Å². The molecule has 0 saturated carbocycles. The maximum absolute atomic E-state index is 12.2. The van der Waals surface area contributed by atoms with Crippen LogP contribution in [0.5, 0.6) is 11.5 Å². The first-order valence-corrected chi connectivity index (χ1v) is 8.85. The van der Waals surface area contributed by atoms with Gasteiger partial charge in [0.25, 0.3) is 0 Å². The predicted octanol–water partition coefficient (Wildman–Crippen LogP) is 4.80. The molecule has 5 heteroatoms. The lowest BCUT2D eigenvalue weighted by atomic mass is 10.1. The molecule has 0 aliphatic rings. The maximum atomic E-state index is 12.2. The predicted molar refractivity (Wildman–Crippen MR) is 97.8 cm³/mol. The summed E-state index contributed by atoms with van der Waals surface area (Å²) in [5.74, 6) is 0.586. The zero-order valence-corrected chi connectivity index (χ0v) is 14.5. The number of thioether (sulfide) groups is 1. The topological polar surface area (TPSA) is 70.3 Å². The van der Waals surface area contributed by atoms with Gasteiger partial charge in [-0.1, -0.05) is 42.5 Å². The van der Waals surface area contributed by atoms with Gasteiger partial charge in [0.15, 0.2) is 5.75 Å². The van der Waals surface area contributed by atoms with Gasteiger partial charge < -0.3 is 9.52 Å². The molecule has 1 N–H and O–H groups in total. The third kappa shape index (κ3) is 3.88. The zero-order valence-electron chi connectivity index (χ0n) is 13.7. The van der Waals surface area contributed by atoms with E-state index in [0.29, 0.717) is 16.9 Å². The Morgan fingerprint density at radius 2 is 1.84 bits per heavy atom. The molecule has 0 spiro atoms. The molecule has 0 unspecified atom stereocenters. The minimum Gasteiger partial charge on any atom is -0.506 e. The van der Waals surface area contributed by atoms with Crippen molar-refractivity contribution in [2.75, 3.05) is 5.75 Å². The van der Waals surface area contributed by atoms with Gasteiger partial charge in [-0.2, -0.15) is 0 Å². The number of hydrogen-bond donors (Lipinski definition) is 1. The lowest BCUT2D eigenvalue weighted by molar-refractivity contribution is 0.351. The molecular formula is C20H17O4S. The summed E-state index contributed by atoms with van der Waals surface area (Å²) in [5.41, 5.74) is 1.57. The average molecular weight is 353 g/mol. The molecule has 1 radical (unpaired) electrons. The van der Waals surface area contributed by atoms with E-state index in [1.54, 1.807) is 19.1 Å². The molecular weight excluding hydrogens is 336 g/mol. The normalized spacial score (nSPS) is 10.8. The van der Waals surface area contributed by atoms with Crippen LogP contribution < -0.4 is 5.63 Å². The van der Waals surface area contributed by atoms with Crippen molar-refractivity contribution in [3.63, 3.8) is 0 Å². The smallest absolute Gasteiger partial charge is 0.353 e. The molecule has 25 heavy (non-hydrogen) atoms. The van der Waals surface area contributed by atoms with Crippen LogP contribution in [-0.2, 0) is 11.5 Å². The Morgan fingerprint density at radius 1 is 1.08 bits per heavy atom. The van der Waals surface area contributed by atoms with E-state index >= 15 is 0 Å². The van der Waals surface area contributed by atoms with E-state index in [-0.39, 0.29) is 22.2 Å². The second kappa shape index (κ2) is 7.49. The van der Waals surface area contributed by atoms with Gasteiger partial charge in [-0.15, -0.1) is 11.8 Å². The van der Waals surface area contributed by atoms with Crippen LogP contribution in [0.3, 0.4) is 0 Å². The molecule has 1 heterocycles. The van der Waals surface area contributed by atoms with E-state index in [1.807, 2.05) is 30.3 Å². The Hall–Kier alpha value is -2.66. The highest BCUT2D eigenvalue weighted by Gasteiger charge is 2.15. The van der Waals surface area contributed by atoms with Crippen molar-refractivity contribution in [3.8, 4) is 22.8 Å². The lowest BCUT2D eigenvalue weighted by Crippen LogP contribution is -2.04. The van der Waals surface area contributed by atoms with Crippen LogP contribution in [0.2, 0.25) is 0 Å². The Labute approximate surface area is 149 Å². The molecule has 3 rings (SSSR count). The van der Waals surface area contributed by atoms with Crippen molar-refractivity contribution in [2.24, 2.45) is 0 Å². The van der Waals surface area contributed by atoms with Gasteiger partial charge in [-0.25, -0.2) is 4.79 Å². The van der Waals surface area contributed by atoms with Crippen molar-refractivity contribution < 1.29 is 14.6 Å². The van der Waals surface area contributed by atoms with E-state index in [2.05, 4.69) is 0 Å². The molecule has 127 valence electrons. The van der Waals surface area contributed by atoms with Crippen molar-refractivity contribution in [3.05, 3.63) is 76.1 Å². The van der Waals surface area contributed by atoms with Crippen LogP contribution in [-0.4, -0.2) is 10.9 Å². The number of hydrogen-bond acceptors (Lipinski definition) is 4. The second-order valence-electron chi connectivity index (χ2n) is 5.63. The molecule has 4 nitrogen and oxygen atoms in total. The minimum absolute atomic E-state index is 0.125. The zero-order chi connectivity index (χ0) is 17.8. The summed E-state index contributed by atoms with van der Waals surface area (Å²) >= 11 is 1.26. The van der Waals surface area contributed by atoms with E-state index in [0.717, 1.165) is 6.42 Å². The Balaban J connectivity index is 1.81. The summed E-state index contributed by atoms with van der Waals surface area (Å²) in [6.45, 7) is 1.66. The molecule has 0 amide bonds. The minimum atomic E-state index is -0.594. The Kier molecular flexibility index (Phi) is 5.14. The first-order chi connectivity index (χ1) is 12.1. The molecule has 1 aromatic heterocycles. The van der Waals surface area contributed by atoms with Crippen molar-refractivity contribution in [2.45, 2.75) is 18.2 Å². The molecule has 0 atom stereocenters. The molecule has 2 aromatic carbocycles. The third-order valence-corrected chi connectivity index (χ3v) is 4.99. The standard InChI is InChI=1S/C20H17O4S/c1-13-15(8-5-9-16(13)21)18-12-17(22)19(20(23)24-18)25-11-10-14-6-3-2-4-7-14/h2-9,12,22H,10-11H2,1H3. The lowest BCUT2D eigenvalue weighted by Gasteiger charge is -2.08. The van der Waals surface area contributed by atoms with Crippen LogP contribution in [0.25, 0.3) is 11.3 Å². The summed E-state index contributed by atoms with van der Waals surface area (Å²) in [5, 5.41) is 22.0. The van der Waals surface area contributed by atoms with Gasteiger partial charge in [0.2, 0.25) is 0 Å². The SMILES string of the molecule is Cc1c([O])cccc1-c1cc(O)c(SCCc2ccccc2)c(=O)o1. The molecule has 0 bridgehead atoms. The summed E-state index contributed by atoms with van der Waals surface area (Å²) in [6.07, 6.45) is 0.781. The summed E-state index contributed by atoms with van der Waals surface area (Å²) in [4.78, 5) is 12.4. The second-order valence-corrected chi connectivity index (χ2v) is 6.73. The van der Waals surface area contributed by atoms with Crippen LogP contribution in [0.1, 0.15) is 11.1 Å². The first kappa shape index (κ1) is 17.2. The van der Waals surface area contributed by atoms with Gasteiger partial charge >= 0.3 is 5.63 Å². The third-order valence-electron chi connectivity index (χ3n) is 3.92. The summed E-state index contributed by atoms with van der Waals surface area (Å²) in [6, 6.07) is 16.1. The van der Waals surface area contributed by atoms with Crippen LogP contribution in [0.15, 0.2) is 68.7 Å². The Morgan fingerprint density at radius 3 is 2.56 bits per heavy atom. The van der Waals surface area contributed by atoms with E-state index < -0.39 is 5.63 Å². The van der Waals surface area contributed by atoms with Crippen molar-refractivity contribution in [1.82, 2.24) is 0 Å². The summed E-state index contributed by atoms with van der Waals surface area (Å²) < 4.78 is 5.34. The largest absolute Gasteiger partial charge is 0.506 e. The average Bonchev–Trinajstić information content (AvgIpc) is 2.60. The number of aromatic hydroxyl groups is 1. The highest BCUT2D eigenvalue weighted by Crippen LogP contribution is 2.33. The fraction of sp³-hybridized carbons (Fsp3) is 0.150. The fourth-order valence-electron chi connectivity index (χ4n) is 2.53. The number of benzene rings is 2. The highest BCUT2D eigenvalue weighted by molar-refractivity contribution is 7.99. The van der Waals surface area contributed by atoms with Crippen LogP contribution in [0.4, 0.5) is 0 Å². The van der Waals surface area contributed by atoms with Crippen LogP contribution in [0, 0.1) is 6.92 Å². The number of aryl methyl sites for hydroxylation is 1. The Bertz CT molecular complexity index is 932. The molecule has 0 aliphatic heterocycles. The molecule has 0 saturated heterocycles. The van der Waals surface area contributed by atoms with E-state index in [9.17, 15) is 15.0 Å². The van der Waals surface area contributed by atoms with Crippen LogP contribution >= 0.6 is 11.8 Å². The maximum Gasteiger partial charge on any atom is 0.353 e. The summed E-state index contributed by atoms with van der Waals surface area (Å²) in [7, 11) is 0. The van der Waals surface area contributed by atoms with Gasteiger partial charge in [-0.3, -0.25) is 5.11 Å². The van der Waals surface area contributed by atoms with Gasteiger partial charge in [-0.05, 0) is 25.0 Å². The van der Waals surface area contributed by atoms with E-state index in [1.165, 1.54) is 29.5 Å². The quantitative estimate of drug-likeness (QED) is 0.669. The van der Waals surface area contributed by atoms with E-state index in [4.69, 9.17) is 4.42 Å². The van der Waals surface area contributed by atoms with Crippen molar-refractivity contribution in [1.29, 1.82) is 0 Å². The fourth-order valence-corrected chi connectivity index (χ4v) is 3.44. The molecule has 0 fully saturated rings. The first-order valence-electron chi connectivity index (χ1n) is 7.87. The van der Waals surface area contributed by atoms with Crippen molar-refractivity contribution >= 4 is 11.8 Å². The van der Waals surface area contributed by atoms with Gasteiger partial charge in [0, 0.05) is 22.9 Å². The highest BCUT2D eigenvalue weighted by atomic mass is 32.2.